The van der Waals surface area contributed by atoms with Gasteiger partial charge in [0.1, 0.15) is 0 Å². The molecule has 0 aliphatic rings. The number of carbonyl (C=O) groups excluding carboxylic acids is 3. The van der Waals surface area contributed by atoms with Gasteiger partial charge in [-0.15, -0.1) is 0 Å². The van der Waals surface area contributed by atoms with E-state index in [4.69, 9.17) is 0 Å². The molecule has 0 aromatic rings. The maximum atomic E-state index is 11.2. The van der Waals surface area contributed by atoms with E-state index < -0.39 is 0 Å². The zero-order valence-electron chi connectivity index (χ0n) is 29.7. The standard InChI is InChI=1S/3C10H20O2S2.C4H9.Sn/c3*1-2-3-4-5-6-9(7-8-13)10(11)12-14;1-3-4-2;/h3*9,11,13H,2-8H2,1H3;1,3-4H2,2H3;/q;;;;+3/p-3. The molecular weight excluding hydrogens is 815 g/mol. The van der Waals surface area contributed by atoms with E-state index in [0.29, 0.717) is 17.3 Å². The van der Waals surface area contributed by atoms with Crippen LogP contribution in [-0.4, -0.2) is 57.7 Å². The molecule has 13 heteroatoms. The Balaban J connectivity index is -0.000000275. The summed E-state index contributed by atoms with van der Waals surface area (Å²) in [6.45, 7) is 8.73. The van der Waals surface area contributed by atoms with Gasteiger partial charge in [0.2, 0.25) is 0 Å². The zero-order valence-corrected chi connectivity index (χ0v) is 37.7. The molecule has 0 spiro atoms. The Morgan fingerprint density at radius 1 is 0.468 bits per heavy atom. The van der Waals surface area contributed by atoms with E-state index >= 15 is 0 Å². The first-order valence-corrected chi connectivity index (χ1v) is 22.6. The summed E-state index contributed by atoms with van der Waals surface area (Å²) in [5.74, 6) is 1.24. The van der Waals surface area contributed by atoms with Crippen LogP contribution in [0.3, 0.4) is 0 Å². The van der Waals surface area contributed by atoms with Crippen LogP contribution in [0, 0.1) is 17.8 Å². The Labute approximate surface area is 336 Å². The van der Waals surface area contributed by atoms with E-state index in [1.54, 1.807) is 22.5 Å². The van der Waals surface area contributed by atoms with E-state index in [1.165, 1.54) is 75.1 Å². The fourth-order valence-electron chi connectivity index (χ4n) is 4.44. The molecule has 0 bridgehead atoms. The average Bonchev–Trinajstić information content (AvgIpc) is 3.09. The molecule has 6 nitrogen and oxygen atoms in total. The van der Waals surface area contributed by atoms with Crippen molar-refractivity contribution in [2.45, 2.75) is 161 Å². The second-order valence-electron chi connectivity index (χ2n) is 11.5. The van der Waals surface area contributed by atoms with Gasteiger partial charge >= 0.3 is 46.7 Å². The number of aliphatic carboxylic acids is 3. The van der Waals surface area contributed by atoms with Crippen molar-refractivity contribution in [2.24, 2.45) is 17.8 Å². The van der Waals surface area contributed by atoms with Gasteiger partial charge in [0.25, 0.3) is 17.9 Å². The van der Waals surface area contributed by atoms with Gasteiger partial charge < -0.3 is 50.3 Å². The summed E-state index contributed by atoms with van der Waals surface area (Å²) >= 11 is 26.9. The number of carboxylic acid groups (broad SMARTS) is 3. The molecule has 0 N–H and O–H groups in total. The quantitative estimate of drug-likeness (QED) is 0.0311. The first kappa shape index (κ1) is 54.7. The number of unbranched alkanes of at least 4 members (excludes halogenated alkanes) is 10. The normalized spacial score (nSPS) is 13.7. The van der Waals surface area contributed by atoms with Crippen LogP contribution in [0.25, 0.3) is 0 Å². The van der Waals surface area contributed by atoms with Crippen LogP contribution in [0.15, 0.2) is 0 Å². The van der Waals surface area contributed by atoms with Gasteiger partial charge in [0.15, 0.2) is 0 Å². The second-order valence-corrected chi connectivity index (χ2v) is 14.8. The minimum absolute atomic E-state index is 0.0399. The number of rotatable bonds is 26. The molecular formula is C34H66O6S6Sn. The topological polar surface area (TPSA) is 103 Å². The van der Waals surface area contributed by atoms with Gasteiger partial charge in [-0.3, -0.25) is 15.3 Å². The number of hydrogen-bond donors (Lipinski definition) is 3. The van der Waals surface area contributed by atoms with E-state index in [2.05, 4.69) is 116 Å². The number of thiol groups is 3. The van der Waals surface area contributed by atoms with Gasteiger partial charge in [0.05, 0.1) is 17.8 Å². The van der Waals surface area contributed by atoms with Crippen LogP contribution in [0.4, 0.5) is 0 Å². The predicted molar refractivity (Wildman–Crippen MR) is 215 cm³/mol. The summed E-state index contributed by atoms with van der Waals surface area (Å²) in [7, 11) is 0. The van der Waals surface area contributed by atoms with Crippen molar-refractivity contribution in [3.05, 3.63) is 0 Å². The molecule has 0 aromatic heterocycles. The molecule has 0 fully saturated rings. The van der Waals surface area contributed by atoms with Crippen molar-refractivity contribution in [3.8, 4) is 0 Å². The van der Waals surface area contributed by atoms with E-state index in [1.807, 2.05) is 0 Å². The van der Waals surface area contributed by atoms with Crippen LogP contribution in [0.5, 0.6) is 0 Å². The summed E-state index contributed by atoms with van der Waals surface area (Å²) in [4.78, 5) is 0. The van der Waals surface area contributed by atoms with Gasteiger partial charge in [-0.25, -0.2) is 0 Å². The third-order valence-corrected chi connectivity index (χ3v) is 9.70. The number of hydrogen-bond acceptors (Lipinski definition) is 9. The summed E-state index contributed by atoms with van der Waals surface area (Å²) < 4.78 is 14.4. The van der Waals surface area contributed by atoms with E-state index in [-0.39, 0.29) is 35.7 Å². The van der Waals surface area contributed by atoms with E-state index in [0.717, 1.165) is 57.8 Å². The first-order chi connectivity index (χ1) is 22.7. The summed E-state index contributed by atoms with van der Waals surface area (Å²) in [5, 5.41) is 33.6. The fourth-order valence-corrected chi connectivity index (χ4v) is 6.79. The molecule has 3 atom stereocenters. The Morgan fingerprint density at radius 2 is 0.723 bits per heavy atom. The van der Waals surface area contributed by atoms with Gasteiger partial charge in [0, 0.05) is 0 Å². The Hall–Kier alpha value is 0.919. The van der Waals surface area contributed by atoms with Gasteiger partial charge in [-0.05, 0) is 55.8 Å². The average molecular weight is 882 g/mol. The summed E-state index contributed by atoms with van der Waals surface area (Å²) in [6, 6.07) is 0. The molecule has 47 heavy (non-hydrogen) atoms. The molecule has 0 aliphatic heterocycles. The fraction of sp³-hybridized carbons (Fsp3) is 0.912. The molecule has 0 aliphatic carbocycles. The molecule has 0 heterocycles. The molecule has 0 radical (unpaired) electrons. The van der Waals surface area contributed by atoms with Crippen molar-refractivity contribution in [3.63, 3.8) is 0 Å². The first-order valence-electron chi connectivity index (χ1n) is 17.7. The third-order valence-electron chi connectivity index (χ3n) is 7.43. The molecule has 0 aromatic carbocycles. The van der Waals surface area contributed by atoms with Crippen molar-refractivity contribution in [1.29, 1.82) is 0 Å². The van der Waals surface area contributed by atoms with Crippen LogP contribution in [-0.2, 0) is 50.3 Å². The van der Waals surface area contributed by atoms with Crippen molar-refractivity contribution < 1.29 is 26.9 Å². The SMILES string of the molecule is CCCCCCC(CCS)C([O-])=[O+][S-].CCCCCCC(CCS)C([O-])=[O+][S-].CCCCCCC(CCS)C([O-])=[O+][S-].CCC[CH2][Sn+3]. The van der Waals surface area contributed by atoms with Crippen LogP contribution >= 0.6 is 37.9 Å². The molecule has 0 rings (SSSR count). The molecule has 0 saturated carbocycles. The predicted octanol–water partition coefficient (Wildman–Crippen LogP) is 6.29. The number of carboxylic acids is 3. The summed E-state index contributed by atoms with van der Waals surface area (Å²) in [6.07, 6.45) is 21.9. The van der Waals surface area contributed by atoms with Crippen LogP contribution in [0.2, 0.25) is 4.44 Å². The third kappa shape index (κ3) is 41.2. The Bertz CT molecular complexity index is 616. The van der Waals surface area contributed by atoms with Gasteiger partial charge in [-0.2, -0.15) is 37.9 Å². The molecule has 0 amide bonds. The molecule has 0 saturated heterocycles. The van der Waals surface area contributed by atoms with Crippen molar-refractivity contribution in [1.82, 2.24) is 0 Å². The van der Waals surface area contributed by atoms with Crippen molar-refractivity contribution >= 4 is 117 Å². The van der Waals surface area contributed by atoms with Gasteiger partial charge in [-0.1, -0.05) is 97.8 Å². The Kier molecular flexibility index (Phi) is 54.6. The second kappa shape index (κ2) is 46.9. The maximum absolute atomic E-state index is 11.2. The van der Waals surface area contributed by atoms with Crippen LogP contribution < -0.4 is 15.3 Å². The van der Waals surface area contributed by atoms with Crippen LogP contribution in [0.1, 0.15) is 156 Å². The molecule has 3 unspecified atom stereocenters. The summed E-state index contributed by atoms with van der Waals surface area (Å²) in [5.41, 5.74) is 0. The molecule has 278 valence electrons. The Morgan fingerprint density at radius 3 is 0.872 bits per heavy atom. The van der Waals surface area contributed by atoms with E-state index in [9.17, 15) is 15.3 Å². The monoisotopic (exact) mass is 882 g/mol. The zero-order chi connectivity index (χ0) is 36.6. The minimum atomic E-state index is -0.259. The van der Waals surface area contributed by atoms with Crippen molar-refractivity contribution in [2.75, 3.05) is 17.3 Å².